The molecule has 3 rings (SSSR count). The number of hydrogen-bond donors (Lipinski definition) is 3. The van der Waals surface area contributed by atoms with Crippen molar-refractivity contribution < 1.29 is 9.90 Å². The normalized spacial score (nSPS) is 10.8. The summed E-state index contributed by atoms with van der Waals surface area (Å²) >= 11 is 0. The third-order valence-electron chi connectivity index (χ3n) is 2.34. The molecular weight excluding hydrogens is 222 g/mol. The molecule has 0 amide bonds. The predicted molar refractivity (Wildman–Crippen MR) is 58.4 cm³/mol. The third-order valence-corrected chi connectivity index (χ3v) is 2.34. The Hall–Kier alpha value is -2.70. The molecule has 0 radical (unpaired) electrons. The number of aromatic amines is 2. The maximum Gasteiger partial charge on any atom is 0.337 e. The summed E-state index contributed by atoms with van der Waals surface area (Å²) in [6, 6.07) is 3.26. The fraction of sp³-hybridized carbons (Fsp3) is 0. The molecule has 84 valence electrons. The molecule has 3 aromatic heterocycles. The molecular formula is C10H7N5O2. The van der Waals surface area contributed by atoms with Gasteiger partial charge in [-0.05, 0) is 12.1 Å². The molecule has 3 heterocycles. The Labute approximate surface area is 94.5 Å². The van der Waals surface area contributed by atoms with Crippen LogP contribution in [0.1, 0.15) is 10.4 Å². The molecule has 0 aliphatic heterocycles. The van der Waals surface area contributed by atoms with Crippen molar-refractivity contribution in [3.63, 3.8) is 0 Å². The van der Waals surface area contributed by atoms with Gasteiger partial charge in [0.25, 0.3) is 0 Å². The second-order valence-corrected chi connectivity index (χ2v) is 3.46. The number of imidazole rings is 1. The van der Waals surface area contributed by atoms with E-state index in [1.807, 2.05) is 0 Å². The van der Waals surface area contributed by atoms with Gasteiger partial charge in [0.15, 0.2) is 11.5 Å². The predicted octanol–water partition coefficient (Wildman–Crippen LogP) is 1.05. The van der Waals surface area contributed by atoms with Gasteiger partial charge < -0.3 is 10.1 Å². The van der Waals surface area contributed by atoms with Gasteiger partial charge in [-0.2, -0.15) is 5.10 Å². The van der Waals surface area contributed by atoms with Crippen LogP contribution < -0.4 is 0 Å². The number of pyridine rings is 1. The van der Waals surface area contributed by atoms with E-state index in [0.717, 1.165) is 5.69 Å². The molecule has 7 heteroatoms. The van der Waals surface area contributed by atoms with Gasteiger partial charge in [0.2, 0.25) is 0 Å². The number of carboxylic acids is 1. The van der Waals surface area contributed by atoms with Gasteiger partial charge in [-0.15, -0.1) is 0 Å². The molecule has 0 aliphatic rings. The van der Waals surface area contributed by atoms with Crippen molar-refractivity contribution in [2.45, 2.75) is 0 Å². The largest absolute Gasteiger partial charge is 0.478 e. The molecule has 7 nitrogen and oxygen atoms in total. The van der Waals surface area contributed by atoms with Gasteiger partial charge in [0.1, 0.15) is 5.69 Å². The molecule has 0 spiro atoms. The molecule has 0 aromatic carbocycles. The first-order valence-corrected chi connectivity index (χ1v) is 4.83. The number of carboxylic acid groups (broad SMARTS) is 1. The standard InChI is InChI=1S/C10H7N5O2/c16-10(17)5-3-7-8(11-4-5)14-9(13-7)6-1-2-12-15-6/h1-4H,(H,12,15)(H,16,17)(H,11,13,14). The number of carbonyl (C=O) groups is 1. The van der Waals surface area contributed by atoms with E-state index >= 15 is 0 Å². The van der Waals surface area contributed by atoms with Crippen molar-refractivity contribution in [2.75, 3.05) is 0 Å². The van der Waals surface area contributed by atoms with Crippen LogP contribution in [0.15, 0.2) is 24.5 Å². The van der Waals surface area contributed by atoms with Gasteiger partial charge >= 0.3 is 5.97 Å². The van der Waals surface area contributed by atoms with Crippen molar-refractivity contribution in [1.29, 1.82) is 0 Å². The van der Waals surface area contributed by atoms with Crippen molar-refractivity contribution in [2.24, 2.45) is 0 Å². The van der Waals surface area contributed by atoms with E-state index in [9.17, 15) is 4.79 Å². The van der Waals surface area contributed by atoms with Crippen LogP contribution in [-0.4, -0.2) is 36.2 Å². The molecule has 0 fully saturated rings. The van der Waals surface area contributed by atoms with Crippen LogP contribution in [0, 0.1) is 0 Å². The van der Waals surface area contributed by atoms with Gasteiger partial charge in [0, 0.05) is 12.4 Å². The molecule has 0 bridgehead atoms. The maximum absolute atomic E-state index is 10.8. The Morgan fingerprint density at radius 2 is 2.29 bits per heavy atom. The fourth-order valence-corrected chi connectivity index (χ4v) is 1.53. The molecule has 0 saturated carbocycles. The number of hydrogen-bond acceptors (Lipinski definition) is 4. The van der Waals surface area contributed by atoms with Crippen molar-refractivity contribution in [3.05, 3.63) is 30.1 Å². The van der Waals surface area contributed by atoms with Crippen molar-refractivity contribution >= 4 is 17.1 Å². The van der Waals surface area contributed by atoms with E-state index < -0.39 is 5.97 Å². The Morgan fingerprint density at radius 1 is 1.41 bits per heavy atom. The van der Waals surface area contributed by atoms with E-state index in [2.05, 4.69) is 25.1 Å². The maximum atomic E-state index is 10.8. The van der Waals surface area contributed by atoms with Crippen LogP contribution in [0.3, 0.4) is 0 Å². The first kappa shape index (κ1) is 9.52. The highest BCUT2D eigenvalue weighted by atomic mass is 16.4. The van der Waals surface area contributed by atoms with Crippen LogP contribution in [0.4, 0.5) is 0 Å². The second kappa shape index (κ2) is 3.41. The molecule has 0 unspecified atom stereocenters. The summed E-state index contributed by atoms with van der Waals surface area (Å²) in [5, 5.41) is 15.4. The zero-order valence-corrected chi connectivity index (χ0v) is 8.51. The molecule has 17 heavy (non-hydrogen) atoms. The minimum atomic E-state index is -1.02. The van der Waals surface area contributed by atoms with Gasteiger partial charge in [-0.25, -0.2) is 14.8 Å². The van der Waals surface area contributed by atoms with Crippen LogP contribution >= 0.6 is 0 Å². The van der Waals surface area contributed by atoms with Crippen LogP contribution in [0.2, 0.25) is 0 Å². The smallest absolute Gasteiger partial charge is 0.337 e. The summed E-state index contributed by atoms with van der Waals surface area (Å²) in [6.45, 7) is 0. The lowest BCUT2D eigenvalue weighted by Crippen LogP contribution is -1.96. The number of nitrogens with one attached hydrogen (secondary N) is 2. The van der Waals surface area contributed by atoms with Gasteiger partial charge in [0.05, 0.1) is 11.1 Å². The first-order chi connectivity index (χ1) is 8.24. The first-order valence-electron chi connectivity index (χ1n) is 4.83. The lowest BCUT2D eigenvalue weighted by Gasteiger charge is -1.91. The highest BCUT2D eigenvalue weighted by Gasteiger charge is 2.10. The van der Waals surface area contributed by atoms with Crippen LogP contribution in [0.25, 0.3) is 22.7 Å². The highest BCUT2D eigenvalue weighted by molar-refractivity contribution is 5.91. The van der Waals surface area contributed by atoms with Crippen molar-refractivity contribution in [3.8, 4) is 11.5 Å². The minimum Gasteiger partial charge on any atom is -0.478 e. The van der Waals surface area contributed by atoms with Crippen LogP contribution in [0.5, 0.6) is 0 Å². The monoisotopic (exact) mass is 229 g/mol. The Morgan fingerprint density at radius 3 is 3.00 bits per heavy atom. The summed E-state index contributed by atoms with van der Waals surface area (Å²) in [5.74, 6) is -0.440. The van der Waals surface area contributed by atoms with E-state index in [4.69, 9.17) is 5.11 Å². The van der Waals surface area contributed by atoms with Crippen LogP contribution in [-0.2, 0) is 0 Å². The van der Waals surface area contributed by atoms with E-state index in [-0.39, 0.29) is 5.56 Å². The number of aromatic nitrogens is 5. The average Bonchev–Trinajstić information content (AvgIpc) is 2.96. The lowest BCUT2D eigenvalue weighted by molar-refractivity contribution is 0.0696. The molecule has 3 aromatic rings. The third kappa shape index (κ3) is 1.53. The van der Waals surface area contributed by atoms with E-state index in [1.165, 1.54) is 12.3 Å². The SMILES string of the molecule is O=C(O)c1cnc2nc(-c3ccn[nH]3)[nH]c2c1. The second-order valence-electron chi connectivity index (χ2n) is 3.46. The number of aromatic carboxylic acids is 1. The molecule has 0 atom stereocenters. The van der Waals surface area contributed by atoms with E-state index in [0.29, 0.717) is 17.0 Å². The number of rotatable bonds is 2. The summed E-state index contributed by atoms with van der Waals surface area (Å²) in [7, 11) is 0. The summed E-state index contributed by atoms with van der Waals surface area (Å²) in [6.07, 6.45) is 2.89. The Balaban J connectivity index is 2.16. The lowest BCUT2D eigenvalue weighted by atomic mass is 10.3. The summed E-state index contributed by atoms with van der Waals surface area (Å²) in [5.41, 5.74) is 1.89. The van der Waals surface area contributed by atoms with E-state index in [1.54, 1.807) is 12.3 Å². The Kier molecular flexibility index (Phi) is 1.91. The number of nitrogens with zero attached hydrogens (tertiary/aromatic N) is 3. The topological polar surface area (TPSA) is 108 Å². The summed E-state index contributed by atoms with van der Waals surface area (Å²) in [4.78, 5) is 22.0. The Bertz CT molecular complexity index is 686. The van der Waals surface area contributed by atoms with Crippen molar-refractivity contribution in [1.82, 2.24) is 25.1 Å². The fourth-order valence-electron chi connectivity index (χ4n) is 1.53. The number of H-pyrrole nitrogens is 2. The summed E-state index contributed by atoms with van der Waals surface area (Å²) < 4.78 is 0. The number of fused-ring (bicyclic) bond motifs is 1. The highest BCUT2D eigenvalue weighted by Crippen LogP contribution is 2.17. The quantitative estimate of drug-likeness (QED) is 0.608. The molecule has 3 N–H and O–H groups in total. The molecule has 0 saturated heterocycles. The molecule has 0 aliphatic carbocycles. The van der Waals surface area contributed by atoms with Gasteiger partial charge in [-0.3, -0.25) is 5.10 Å². The van der Waals surface area contributed by atoms with Gasteiger partial charge in [-0.1, -0.05) is 0 Å². The minimum absolute atomic E-state index is 0.123. The zero-order chi connectivity index (χ0) is 11.8. The average molecular weight is 229 g/mol. The zero-order valence-electron chi connectivity index (χ0n) is 8.51.